The topological polar surface area (TPSA) is 185 Å². The van der Waals surface area contributed by atoms with Crippen LogP contribution in [0.5, 0.6) is 0 Å². The van der Waals surface area contributed by atoms with Crippen LogP contribution in [0.1, 0.15) is 0 Å². The molecule has 138 valence electrons. The summed E-state index contributed by atoms with van der Waals surface area (Å²) in [5.74, 6) is 0. The van der Waals surface area contributed by atoms with Crippen molar-refractivity contribution in [2.45, 2.75) is 29.3 Å². The van der Waals surface area contributed by atoms with Crippen LogP contribution in [0.4, 0.5) is 11.4 Å². The molecular formula is C13H22N2O8S. The molecule has 0 saturated carbocycles. The smallest absolute Gasteiger partial charge is 0.296 e. The van der Waals surface area contributed by atoms with Gasteiger partial charge in [-0.3, -0.25) is 4.55 Å². The summed E-state index contributed by atoms with van der Waals surface area (Å²) in [4.78, 5) is 0.845. The Morgan fingerprint density at radius 2 is 1.67 bits per heavy atom. The third-order valence-corrected chi connectivity index (χ3v) is 4.41. The van der Waals surface area contributed by atoms with Crippen LogP contribution < -0.4 is 10.6 Å². The maximum absolute atomic E-state index is 11.2. The van der Waals surface area contributed by atoms with E-state index in [1.54, 1.807) is 0 Å². The number of aliphatic hydroxyl groups excluding tert-OH is 5. The van der Waals surface area contributed by atoms with Crippen LogP contribution >= 0.6 is 0 Å². The molecule has 0 bridgehead atoms. The Morgan fingerprint density at radius 1 is 1.12 bits per heavy atom. The van der Waals surface area contributed by atoms with Crippen LogP contribution in [0.25, 0.3) is 0 Å². The quantitative estimate of drug-likeness (QED) is 0.190. The van der Waals surface area contributed by atoms with E-state index < -0.39 is 46.0 Å². The van der Waals surface area contributed by atoms with Crippen molar-refractivity contribution in [2.75, 3.05) is 30.8 Å². The van der Waals surface area contributed by atoms with Crippen LogP contribution in [-0.2, 0) is 10.1 Å². The van der Waals surface area contributed by atoms with Crippen LogP contribution in [0.15, 0.2) is 23.1 Å². The molecular weight excluding hydrogens is 344 g/mol. The van der Waals surface area contributed by atoms with E-state index in [9.17, 15) is 28.8 Å². The number of hydrogen-bond donors (Lipinski definition) is 7. The highest BCUT2D eigenvalue weighted by atomic mass is 32.2. The zero-order valence-corrected chi connectivity index (χ0v) is 13.7. The predicted molar refractivity (Wildman–Crippen MR) is 85.1 cm³/mol. The Bertz CT molecular complexity index is 653. The minimum atomic E-state index is -4.53. The number of rotatable bonds is 8. The highest BCUT2D eigenvalue weighted by Crippen LogP contribution is 2.24. The Morgan fingerprint density at radius 3 is 2.17 bits per heavy atom. The number of benzene rings is 1. The molecule has 0 aliphatic rings. The summed E-state index contributed by atoms with van der Waals surface area (Å²) in [6.45, 7) is -1.04. The summed E-state index contributed by atoms with van der Waals surface area (Å²) in [6.07, 6.45) is -6.65. The summed E-state index contributed by atoms with van der Waals surface area (Å²) in [5.41, 5.74) is 5.59. The Balaban J connectivity index is 2.90. The SMILES string of the molecule is CN(CC(O)C(O)C(O)C(O)CO)c1ccc(N)c(S(=O)(=O)O)c1. The number of anilines is 2. The molecule has 0 aliphatic carbocycles. The minimum absolute atomic E-state index is 0.156. The van der Waals surface area contributed by atoms with Crippen molar-refractivity contribution in [3.05, 3.63) is 18.2 Å². The first-order valence-corrected chi connectivity index (χ1v) is 8.34. The van der Waals surface area contributed by atoms with Crippen LogP contribution in [-0.4, -0.2) is 83.1 Å². The molecule has 4 unspecified atom stereocenters. The van der Waals surface area contributed by atoms with E-state index in [2.05, 4.69) is 0 Å². The van der Waals surface area contributed by atoms with Crippen molar-refractivity contribution in [3.8, 4) is 0 Å². The second kappa shape index (κ2) is 8.07. The molecule has 1 aromatic rings. The van der Waals surface area contributed by atoms with E-state index in [0.717, 1.165) is 6.07 Å². The van der Waals surface area contributed by atoms with Gasteiger partial charge in [0.05, 0.1) is 18.4 Å². The summed E-state index contributed by atoms with van der Waals surface area (Å²) < 4.78 is 31.6. The molecule has 0 aliphatic heterocycles. The number of nitrogen functional groups attached to an aromatic ring is 1. The molecule has 0 radical (unpaired) electrons. The third kappa shape index (κ3) is 5.01. The minimum Gasteiger partial charge on any atom is -0.398 e. The van der Waals surface area contributed by atoms with Crippen molar-refractivity contribution in [2.24, 2.45) is 0 Å². The van der Waals surface area contributed by atoms with E-state index in [1.807, 2.05) is 0 Å². The van der Waals surface area contributed by atoms with E-state index in [1.165, 1.54) is 24.1 Å². The summed E-state index contributed by atoms with van der Waals surface area (Å²) in [5, 5.41) is 47.2. The van der Waals surface area contributed by atoms with Gasteiger partial charge in [-0.2, -0.15) is 8.42 Å². The lowest BCUT2D eigenvalue weighted by Gasteiger charge is -2.29. The molecule has 0 saturated heterocycles. The van der Waals surface area contributed by atoms with E-state index in [4.69, 9.17) is 15.4 Å². The highest BCUT2D eigenvalue weighted by Gasteiger charge is 2.30. The second-order valence-corrected chi connectivity index (χ2v) is 6.77. The van der Waals surface area contributed by atoms with Crippen LogP contribution in [0, 0.1) is 0 Å². The maximum Gasteiger partial charge on any atom is 0.296 e. The Hall–Kier alpha value is -1.47. The number of aliphatic hydroxyl groups is 5. The van der Waals surface area contributed by atoms with Gasteiger partial charge < -0.3 is 36.2 Å². The van der Waals surface area contributed by atoms with Crippen LogP contribution in [0.2, 0.25) is 0 Å². The molecule has 0 spiro atoms. The number of nitrogens with two attached hydrogens (primary N) is 1. The first-order valence-electron chi connectivity index (χ1n) is 6.90. The lowest BCUT2D eigenvalue weighted by Crippen LogP contribution is -2.49. The molecule has 0 aromatic heterocycles. The standard InChI is InChI=1S/C13H22N2O8S/c1-15(5-9(17)12(19)13(20)10(18)6-16)7-2-3-8(14)11(4-7)24(21,22)23/h2-4,9-10,12-13,16-20H,5-6,14H2,1H3,(H,21,22,23). The molecule has 10 nitrogen and oxygen atoms in total. The number of likely N-dealkylation sites (N-methyl/N-ethyl adjacent to an activating group) is 1. The Kier molecular flexibility index (Phi) is 6.92. The molecule has 4 atom stereocenters. The maximum atomic E-state index is 11.2. The van der Waals surface area contributed by atoms with Crippen molar-refractivity contribution in [1.29, 1.82) is 0 Å². The van der Waals surface area contributed by atoms with Gasteiger partial charge in [-0.15, -0.1) is 0 Å². The lowest BCUT2D eigenvalue weighted by atomic mass is 10.0. The van der Waals surface area contributed by atoms with E-state index in [0.29, 0.717) is 0 Å². The molecule has 11 heteroatoms. The van der Waals surface area contributed by atoms with Crippen molar-refractivity contribution < 1.29 is 38.5 Å². The number of hydrogen-bond acceptors (Lipinski definition) is 9. The highest BCUT2D eigenvalue weighted by molar-refractivity contribution is 7.86. The fraction of sp³-hybridized carbons (Fsp3) is 0.538. The average molecular weight is 366 g/mol. The van der Waals surface area contributed by atoms with Gasteiger partial charge in [0.15, 0.2) is 0 Å². The second-order valence-electron chi connectivity index (χ2n) is 5.38. The van der Waals surface area contributed by atoms with E-state index in [-0.39, 0.29) is 17.9 Å². The predicted octanol–water partition coefficient (Wildman–Crippen LogP) is -2.61. The third-order valence-electron chi connectivity index (χ3n) is 3.50. The van der Waals surface area contributed by atoms with Crippen molar-refractivity contribution in [3.63, 3.8) is 0 Å². The molecule has 1 rings (SSSR count). The summed E-state index contributed by atoms with van der Waals surface area (Å²) >= 11 is 0. The average Bonchev–Trinajstić information content (AvgIpc) is 2.51. The van der Waals surface area contributed by atoms with Crippen molar-refractivity contribution >= 4 is 21.5 Å². The first-order chi connectivity index (χ1) is 11.0. The fourth-order valence-electron chi connectivity index (χ4n) is 2.04. The molecule has 0 heterocycles. The lowest BCUT2D eigenvalue weighted by molar-refractivity contribution is -0.112. The normalized spacial score (nSPS) is 17.1. The van der Waals surface area contributed by atoms with E-state index >= 15 is 0 Å². The first kappa shape index (κ1) is 20.6. The number of nitrogens with zero attached hydrogens (tertiary/aromatic N) is 1. The molecule has 8 N–H and O–H groups in total. The monoisotopic (exact) mass is 366 g/mol. The van der Waals surface area contributed by atoms with Gasteiger partial charge >= 0.3 is 0 Å². The molecule has 0 fully saturated rings. The molecule has 0 amide bonds. The molecule has 1 aromatic carbocycles. The Labute approximate surface area is 139 Å². The zero-order valence-electron chi connectivity index (χ0n) is 12.9. The van der Waals surface area contributed by atoms with Gasteiger partial charge in [0.1, 0.15) is 23.2 Å². The molecule has 24 heavy (non-hydrogen) atoms. The van der Waals surface area contributed by atoms with Gasteiger partial charge in [-0.1, -0.05) is 0 Å². The van der Waals surface area contributed by atoms with Gasteiger partial charge in [0.2, 0.25) is 0 Å². The van der Waals surface area contributed by atoms with Gasteiger partial charge in [-0.25, -0.2) is 0 Å². The largest absolute Gasteiger partial charge is 0.398 e. The summed E-state index contributed by atoms with van der Waals surface area (Å²) in [7, 11) is -3.06. The zero-order chi connectivity index (χ0) is 18.7. The van der Waals surface area contributed by atoms with Gasteiger partial charge in [0, 0.05) is 19.3 Å². The van der Waals surface area contributed by atoms with Crippen LogP contribution in [0.3, 0.4) is 0 Å². The van der Waals surface area contributed by atoms with Crippen molar-refractivity contribution in [1.82, 2.24) is 0 Å². The van der Waals surface area contributed by atoms with Gasteiger partial charge in [0.25, 0.3) is 10.1 Å². The fourth-order valence-corrected chi connectivity index (χ4v) is 2.68. The summed E-state index contributed by atoms with van der Waals surface area (Å²) in [6, 6.07) is 3.77. The van der Waals surface area contributed by atoms with Gasteiger partial charge in [-0.05, 0) is 18.2 Å².